The van der Waals surface area contributed by atoms with Crippen molar-refractivity contribution in [2.45, 2.75) is 96.5 Å². The Balaban J connectivity index is 1.34. The Morgan fingerprint density at radius 1 is 0.852 bits per heavy atom. The second-order valence-electron chi connectivity index (χ2n) is 7.91. The van der Waals surface area contributed by atoms with Gasteiger partial charge in [0.15, 0.2) is 0 Å². The van der Waals surface area contributed by atoms with Crippen LogP contribution in [0.2, 0.25) is 0 Å². The van der Waals surface area contributed by atoms with Crippen molar-refractivity contribution in [3.63, 3.8) is 0 Å². The Morgan fingerprint density at radius 2 is 1.41 bits per heavy atom. The molecule has 2 heteroatoms. The van der Waals surface area contributed by atoms with Gasteiger partial charge in [0, 0.05) is 0 Å². The lowest BCUT2D eigenvalue weighted by molar-refractivity contribution is 0.263. The van der Waals surface area contributed by atoms with Crippen molar-refractivity contribution >= 4 is 0 Å². The molecule has 1 fully saturated rings. The number of ether oxygens (including phenoxy) is 2. The summed E-state index contributed by atoms with van der Waals surface area (Å²) in [6.45, 7) is 3.66. The molecule has 152 valence electrons. The highest BCUT2D eigenvalue weighted by Crippen LogP contribution is 2.18. The van der Waals surface area contributed by atoms with Crippen molar-refractivity contribution in [2.24, 2.45) is 0 Å². The van der Waals surface area contributed by atoms with Crippen LogP contribution < -0.4 is 4.74 Å². The Kier molecular flexibility index (Phi) is 12.0. The minimum absolute atomic E-state index is 0.331. The average Bonchev–Trinajstić information content (AvgIpc) is 3.52. The van der Waals surface area contributed by atoms with Crippen LogP contribution in [0.4, 0.5) is 0 Å². The maximum atomic E-state index is 5.68. The van der Waals surface area contributed by atoms with Crippen LogP contribution in [0, 0.1) is 0 Å². The zero-order chi connectivity index (χ0) is 19.0. The van der Waals surface area contributed by atoms with Gasteiger partial charge in [-0.15, -0.1) is 0 Å². The normalized spacial score (nSPS) is 16.1. The molecule has 0 aromatic heterocycles. The van der Waals surface area contributed by atoms with Crippen molar-refractivity contribution in [2.75, 3.05) is 13.2 Å². The number of hydrogen-bond acceptors (Lipinski definition) is 2. The minimum Gasteiger partial charge on any atom is -0.491 e. The van der Waals surface area contributed by atoms with Gasteiger partial charge in [-0.1, -0.05) is 82.1 Å². The van der Waals surface area contributed by atoms with E-state index in [1.807, 2.05) is 0 Å². The SMILES string of the molecule is C/C=C/CCCCCCCCCCCCCc1ccc(OCC2CO2)cc1. The fraction of sp³-hybridized carbons (Fsp3) is 0.680. The van der Waals surface area contributed by atoms with Crippen molar-refractivity contribution in [3.8, 4) is 5.75 Å². The average molecular weight is 373 g/mol. The predicted molar refractivity (Wildman–Crippen MR) is 116 cm³/mol. The standard InChI is InChI=1S/C25H40O2/c1-2-3-4-5-6-7-8-9-10-11-12-13-14-15-16-23-17-19-24(20-18-23)26-21-25-22-27-25/h2-3,17-20,25H,4-16,21-22H2,1H3/b3-2+. The third-order valence-electron chi connectivity index (χ3n) is 5.33. The van der Waals surface area contributed by atoms with E-state index in [4.69, 9.17) is 9.47 Å². The molecular weight excluding hydrogens is 332 g/mol. The fourth-order valence-electron chi connectivity index (χ4n) is 3.45. The molecule has 0 N–H and O–H groups in total. The van der Waals surface area contributed by atoms with E-state index in [1.165, 1.54) is 89.0 Å². The van der Waals surface area contributed by atoms with Crippen LogP contribution in [0.1, 0.15) is 89.5 Å². The zero-order valence-electron chi connectivity index (χ0n) is 17.5. The van der Waals surface area contributed by atoms with Crippen LogP contribution >= 0.6 is 0 Å². The molecule has 1 aliphatic rings. The molecule has 2 rings (SSSR count). The quantitative estimate of drug-likeness (QED) is 0.163. The largest absolute Gasteiger partial charge is 0.491 e. The van der Waals surface area contributed by atoms with Gasteiger partial charge in [-0.2, -0.15) is 0 Å². The lowest BCUT2D eigenvalue weighted by Crippen LogP contribution is -2.03. The molecule has 0 radical (unpaired) electrons. The van der Waals surface area contributed by atoms with Crippen molar-refractivity contribution in [3.05, 3.63) is 42.0 Å². The molecule has 1 aromatic rings. The third kappa shape index (κ3) is 11.9. The number of rotatable bonds is 17. The molecule has 1 aliphatic heterocycles. The summed E-state index contributed by atoms with van der Waals surface area (Å²) >= 11 is 0. The molecule has 0 spiro atoms. The molecule has 0 aliphatic carbocycles. The van der Waals surface area contributed by atoms with Crippen LogP contribution in [-0.2, 0) is 11.2 Å². The number of epoxide rings is 1. The summed E-state index contributed by atoms with van der Waals surface area (Å²) in [6, 6.07) is 8.61. The third-order valence-corrected chi connectivity index (χ3v) is 5.33. The summed E-state index contributed by atoms with van der Waals surface area (Å²) < 4.78 is 10.8. The summed E-state index contributed by atoms with van der Waals surface area (Å²) in [4.78, 5) is 0. The molecule has 1 atom stereocenters. The van der Waals surface area contributed by atoms with Gasteiger partial charge in [-0.3, -0.25) is 0 Å². The summed E-state index contributed by atoms with van der Waals surface area (Å²) in [5.41, 5.74) is 1.43. The van der Waals surface area contributed by atoms with Crippen molar-refractivity contribution < 1.29 is 9.47 Å². The lowest BCUT2D eigenvalue weighted by Gasteiger charge is -2.06. The monoisotopic (exact) mass is 372 g/mol. The van der Waals surface area contributed by atoms with E-state index in [0.29, 0.717) is 12.7 Å². The van der Waals surface area contributed by atoms with Crippen molar-refractivity contribution in [1.29, 1.82) is 0 Å². The Hall–Kier alpha value is -1.28. The lowest BCUT2D eigenvalue weighted by atomic mass is 10.0. The number of allylic oxidation sites excluding steroid dienone is 2. The maximum absolute atomic E-state index is 5.68. The van der Waals surface area contributed by atoms with E-state index in [-0.39, 0.29) is 0 Å². The van der Waals surface area contributed by atoms with E-state index in [2.05, 4.69) is 43.3 Å². The molecular formula is C25H40O2. The van der Waals surface area contributed by atoms with Gasteiger partial charge in [-0.05, 0) is 50.3 Å². The highest BCUT2D eigenvalue weighted by Gasteiger charge is 2.22. The zero-order valence-corrected chi connectivity index (χ0v) is 17.5. The van der Waals surface area contributed by atoms with Gasteiger partial charge >= 0.3 is 0 Å². The highest BCUT2D eigenvalue weighted by molar-refractivity contribution is 5.27. The Morgan fingerprint density at radius 3 is 1.96 bits per heavy atom. The first-order valence-electron chi connectivity index (χ1n) is 11.3. The first-order valence-corrected chi connectivity index (χ1v) is 11.3. The molecule has 0 saturated carbocycles. The second kappa shape index (κ2) is 14.7. The summed E-state index contributed by atoms with van der Waals surface area (Å²) in [5, 5.41) is 0. The van der Waals surface area contributed by atoms with Gasteiger partial charge in [-0.25, -0.2) is 0 Å². The molecule has 1 saturated heterocycles. The minimum atomic E-state index is 0.331. The summed E-state index contributed by atoms with van der Waals surface area (Å²) in [6.07, 6.45) is 22.7. The van der Waals surface area contributed by atoms with Gasteiger partial charge in [0.2, 0.25) is 0 Å². The molecule has 0 bridgehead atoms. The van der Waals surface area contributed by atoms with Gasteiger partial charge in [0.05, 0.1) is 6.61 Å². The highest BCUT2D eigenvalue weighted by atomic mass is 16.6. The molecule has 27 heavy (non-hydrogen) atoms. The topological polar surface area (TPSA) is 21.8 Å². The van der Waals surface area contributed by atoms with Gasteiger partial charge in [0.25, 0.3) is 0 Å². The fourth-order valence-corrected chi connectivity index (χ4v) is 3.45. The van der Waals surface area contributed by atoms with Gasteiger partial charge < -0.3 is 9.47 Å². The van der Waals surface area contributed by atoms with Gasteiger partial charge in [0.1, 0.15) is 18.5 Å². The van der Waals surface area contributed by atoms with E-state index in [0.717, 1.165) is 12.4 Å². The number of hydrogen-bond donors (Lipinski definition) is 0. The van der Waals surface area contributed by atoms with E-state index in [9.17, 15) is 0 Å². The van der Waals surface area contributed by atoms with Crippen LogP contribution in [0.15, 0.2) is 36.4 Å². The molecule has 2 nitrogen and oxygen atoms in total. The number of benzene rings is 1. The summed E-state index contributed by atoms with van der Waals surface area (Å²) in [7, 11) is 0. The molecule has 0 amide bonds. The predicted octanol–water partition coefficient (Wildman–Crippen LogP) is 7.26. The van der Waals surface area contributed by atoms with E-state index < -0.39 is 0 Å². The smallest absolute Gasteiger partial charge is 0.119 e. The number of unbranched alkanes of at least 4 members (excludes halogenated alkanes) is 11. The second-order valence-corrected chi connectivity index (χ2v) is 7.91. The van der Waals surface area contributed by atoms with Crippen LogP contribution in [-0.4, -0.2) is 19.3 Å². The molecule has 1 aromatic carbocycles. The number of aryl methyl sites for hydroxylation is 1. The molecule has 1 heterocycles. The maximum Gasteiger partial charge on any atom is 0.119 e. The Labute approximate surface area is 167 Å². The van der Waals surface area contributed by atoms with Crippen LogP contribution in [0.5, 0.6) is 5.75 Å². The van der Waals surface area contributed by atoms with E-state index >= 15 is 0 Å². The van der Waals surface area contributed by atoms with Crippen LogP contribution in [0.3, 0.4) is 0 Å². The van der Waals surface area contributed by atoms with Crippen LogP contribution in [0.25, 0.3) is 0 Å². The summed E-state index contributed by atoms with van der Waals surface area (Å²) in [5.74, 6) is 0.965. The van der Waals surface area contributed by atoms with E-state index in [1.54, 1.807) is 0 Å². The van der Waals surface area contributed by atoms with Crippen molar-refractivity contribution in [1.82, 2.24) is 0 Å². The first kappa shape index (κ1) is 22.0. The molecule has 1 unspecified atom stereocenters. The first-order chi connectivity index (χ1) is 13.4. The Bertz CT molecular complexity index is 488.